The molecule has 1 atom stereocenters. The molecule has 160 valence electrons. The third kappa shape index (κ3) is 7.00. The smallest absolute Gasteiger partial charge is 0.444 e. The van der Waals surface area contributed by atoms with Crippen molar-refractivity contribution in [3.63, 3.8) is 0 Å². The van der Waals surface area contributed by atoms with Gasteiger partial charge >= 0.3 is 12.2 Å². The fraction of sp³-hybridized carbons (Fsp3) is 0.545. The topological polar surface area (TPSA) is 78.8 Å². The van der Waals surface area contributed by atoms with Gasteiger partial charge < -0.3 is 24.1 Å². The van der Waals surface area contributed by atoms with Crippen molar-refractivity contribution in [3.05, 3.63) is 30.0 Å². The van der Waals surface area contributed by atoms with Crippen LogP contribution in [0.4, 0.5) is 9.59 Å². The Bertz CT molecular complexity index is 887. The lowest BCUT2D eigenvalue weighted by atomic mass is 10.1. The number of fused-ring (bicyclic) bond motifs is 1. The van der Waals surface area contributed by atoms with Gasteiger partial charge in [-0.15, -0.1) is 0 Å². The number of aryl methyl sites for hydroxylation is 1. The number of benzene rings is 1. The molecule has 29 heavy (non-hydrogen) atoms. The molecule has 7 nitrogen and oxygen atoms in total. The average molecular weight is 405 g/mol. The molecule has 1 aromatic carbocycles. The van der Waals surface area contributed by atoms with Gasteiger partial charge in [-0.05, 0) is 78.6 Å². The summed E-state index contributed by atoms with van der Waals surface area (Å²) in [6.45, 7) is 12.8. The third-order valence-corrected chi connectivity index (χ3v) is 3.92. The van der Waals surface area contributed by atoms with Crippen LogP contribution in [0, 0.1) is 0 Å². The molecular weight excluding hydrogens is 372 g/mol. The van der Waals surface area contributed by atoms with E-state index in [1.165, 1.54) is 0 Å². The van der Waals surface area contributed by atoms with E-state index in [0.29, 0.717) is 12.2 Å². The fourth-order valence-electron chi connectivity index (χ4n) is 2.94. The fourth-order valence-corrected chi connectivity index (χ4v) is 2.94. The van der Waals surface area contributed by atoms with Crippen LogP contribution in [0.3, 0.4) is 0 Å². The van der Waals surface area contributed by atoms with E-state index in [1.807, 2.05) is 57.6 Å². The lowest BCUT2D eigenvalue weighted by Crippen LogP contribution is -2.38. The van der Waals surface area contributed by atoms with E-state index < -0.39 is 23.5 Å². The minimum Gasteiger partial charge on any atom is -0.444 e. The van der Waals surface area contributed by atoms with Gasteiger partial charge in [-0.1, -0.05) is 0 Å². The Morgan fingerprint density at radius 1 is 1.07 bits per heavy atom. The average Bonchev–Trinajstić information content (AvgIpc) is 2.78. The number of aromatic nitrogens is 1. The van der Waals surface area contributed by atoms with E-state index in [1.54, 1.807) is 26.8 Å². The van der Waals surface area contributed by atoms with Crippen molar-refractivity contribution in [3.8, 4) is 5.75 Å². The van der Waals surface area contributed by atoms with E-state index in [0.717, 1.165) is 16.5 Å². The summed E-state index contributed by atoms with van der Waals surface area (Å²) < 4.78 is 17.9. The highest BCUT2D eigenvalue weighted by molar-refractivity contribution is 5.86. The lowest BCUT2D eigenvalue weighted by Gasteiger charge is -2.22. The molecule has 0 aliphatic heterocycles. The number of hydrogen-bond acceptors (Lipinski definition) is 5. The highest BCUT2D eigenvalue weighted by Crippen LogP contribution is 2.27. The Morgan fingerprint density at radius 2 is 1.69 bits per heavy atom. The second-order valence-electron chi connectivity index (χ2n) is 9.26. The maximum Gasteiger partial charge on any atom is 0.514 e. The van der Waals surface area contributed by atoms with E-state index in [-0.39, 0.29) is 6.04 Å². The Balaban J connectivity index is 2.15. The predicted molar refractivity (Wildman–Crippen MR) is 112 cm³/mol. The van der Waals surface area contributed by atoms with E-state index >= 15 is 0 Å². The van der Waals surface area contributed by atoms with E-state index in [4.69, 9.17) is 14.2 Å². The van der Waals surface area contributed by atoms with E-state index in [9.17, 15) is 9.59 Å². The van der Waals surface area contributed by atoms with Crippen LogP contribution in [0.1, 0.15) is 54.0 Å². The van der Waals surface area contributed by atoms with Crippen LogP contribution in [0.5, 0.6) is 5.75 Å². The number of carbonyl (C=O) groups is 2. The number of nitrogens with zero attached hydrogens (tertiary/aromatic N) is 1. The molecule has 0 spiro atoms. The zero-order valence-corrected chi connectivity index (χ0v) is 18.6. The van der Waals surface area contributed by atoms with Gasteiger partial charge in [0.1, 0.15) is 17.0 Å². The molecule has 0 saturated heterocycles. The summed E-state index contributed by atoms with van der Waals surface area (Å²) in [7, 11) is 1.95. The SMILES string of the molecule is C[C@H](Cc1cn(C)c2ccc(OC(=O)OC(C)(C)C)cc12)NC(=O)OC(C)(C)C. The van der Waals surface area contributed by atoms with Crippen LogP contribution in [-0.4, -0.2) is 34.1 Å². The third-order valence-electron chi connectivity index (χ3n) is 3.92. The van der Waals surface area contributed by atoms with Crippen LogP contribution in [-0.2, 0) is 22.9 Å². The van der Waals surface area contributed by atoms with Crippen LogP contribution < -0.4 is 10.1 Å². The zero-order chi connectivity index (χ0) is 22.0. The van der Waals surface area contributed by atoms with Gasteiger partial charge in [0.05, 0.1) is 0 Å². The number of amides is 1. The van der Waals surface area contributed by atoms with Crippen LogP contribution in [0.15, 0.2) is 24.4 Å². The normalized spacial score (nSPS) is 13.1. The summed E-state index contributed by atoms with van der Waals surface area (Å²) in [5, 5.41) is 3.81. The maximum atomic E-state index is 12.0. The van der Waals surface area contributed by atoms with Gasteiger partial charge in [-0.2, -0.15) is 0 Å². The number of alkyl carbamates (subject to hydrolysis) is 1. The lowest BCUT2D eigenvalue weighted by molar-refractivity contribution is 0.0206. The first-order chi connectivity index (χ1) is 13.2. The summed E-state index contributed by atoms with van der Waals surface area (Å²) in [4.78, 5) is 24.0. The molecule has 0 aliphatic carbocycles. The minimum atomic E-state index is -0.741. The molecule has 0 saturated carbocycles. The second-order valence-corrected chi connectivity index (χ2v) is 9.26. The molecule has 1 N–H and O–H groups in total. The highest BCUT2D eigenvalue weighted by Gasteiger charge is 2.20. The van der Waals surface area contributed by atoms with Crippen molar-refractivity contribution in [1.29, 1.82) is 0 Å². The Kier molecular flexibility index (Phi) is 6.50. The number of carbonyl (C=O) groups excluding carboxylic acids is 2. The Morgan fingerprint density at radius 3 is 2.28 bits per heavy atom. The standard InChI is InChI=1S/C22H32N2O5/c1-14(23-19(25)28-21(2,3)4)11-15-13-24(8)18-10-9-16(12-17(15)18)27-20(26)29-22(5,6)7/h9-10,12-14H,11H2,1-8H3,(H,23,25)/t14-/m1/s1. The van der Waals surface area contributed by atoms with Gasteiger partial charge in [0.15, 0.2) is 0 Å². The molecule has 2 aromatic rings. The molecule has 2 rings (SSSR count). The minimum absolute atomic E-state index is 0.133. The van der Waals surface area contributed by atoms with E-state index in [2.05, 4.69) is 5.32 Å². The summed E-state index contributed by atoms with van der Waals surface area (Å²) in [6.07, 6.45) is 1.43. The summed E-state index contributed by atoms with van der Waals surface area (Å²) in [6, 6.07) is 5.31. The van der Waals surface area contributed by atoms with Crippen molar-refractivity contribution < 1.29 is 23.8 Å². The first-order valence-corrected chi connectivity index (χ1v) is 9.72. The molecule has 1 amide bonds. The van der Waals surface area contributed by atoms with Gasteiger partial charge in [-0.3, -0.25) is 0 Å². The Labute approximate surface area is 172 Å². The first-order valence-electron chi connectivity index (χ1n) is 9.72. The summed E-state index contributed by atoms with van der Waals surface area (Å²) in [5.74, 6) is 0.409. The van der Waals surface area contributed by atoms with Crippen LogP contribution >= 0.6 is 0 Å². The second kappa shape index (κ2) is 8.35. The zero-order valence-electron chi connectivity index (χ0n) is 18.6. The highest BCUT2D eigenvalue weighted by atomic mass is 16.7. The maximum absolute atomic E-state index is 12.0. The summed E-state index contributed by atoms with van der Waals surface area (Å²) >= 11 is 0. The van der Waals surface area contributed by atoms with Crippen molar-refractivity contribution in [1.82, 2.24) is 9.88 Å². The largest absolute Gasteiger partial charge is 0.514 e. The molecular formula is C22H32N2O5. The molecule has 0 fully saturated rings. The molecule has 1 heterocycles. The molecule has 1 aromatic heterocycles. The van der Waals surface area contributed by atoms with Crippen molar-refractivity contribution in [2.75, 3.05) is 0 Å². The molecule has 0 unspecified atom stereocenters. The summed E-state index contributed by atoms with van der Waals surface area (Å²) in [5.41, 5.74) is 0.862. The number of rotatable bonds is 4. The van der Waals surface area contributed by atoms with Gasteiger partial charge in [0.2, 0.25) is 0 Å². The monoisotopic (exact) mass is 404 g/mol. The number of ether oxygens (including phenoxy) is 3. The molecule has 0 radical (unpaired) electrons. The molecule has 0 bridgehead atoms. The predicted octanol–water partition coefficient (Wildman–Crippen LogP) is 4.95. The van der Waals surface area contributed by atoms with Crippen molar-refractivity contribution in [2.45, 2.75) is 72.1 Å². The van der Waals surface area contributed by atoms with Gasteiger partial charge in [-0.25, -0.2) is 9.59 Å². The molecule has 7 heteroatoms. The van der Waals surface area contributed by atoms with Crippen molar-refractivity contribution >= 4 is 23.2 Å². The number of nitrogens with one attached hydrogen (secondary N) is 1. The number of hydrogen-bond donors (Lipinski definition) is 1. The van der Waals surface area contributed by atoms with Gasteiger partial charge in [0.25, 0.3) is 0 Å². The quantitative estimate of drug-likeness (QED) is 0.576. The molecule has 0 aliphatic rings. The van der Waals surface area contributed by atoms with Crippen LogP contribution in [0.2, 0.25) is 0 Å². The van der Waals surface area contributed by atoms with Crippen LogP contribution in [0.25, 0.3) is 10.9 Å². The first kappa shape index (κ1) is 22.6. The van der Waals surface area contributed by atoms with Crippen molar-refractivity contribution in [2.24, 2.45) is 7.05 Å². The van der Waals surface area contributed by atoms with Gasteiger partial charge in [0, 0.05) is 30.2 Å². The Hall–Kier alpha value is -2.70.